The van der Waals surface area contributed by atoms with E-state index in [1.165, 1.54) is 11.8 Å². The highest BCUT2D eigenvalue weighted by Crippen LogP contribution is 2.23. The number of carbonyl (C=O) groups is 3. The first-order valence-electron chi connectivity index (χ1n) is 6.15. The maximum Gasteiger partial charge on any atom is 0.289 e. The maximum atomic E-state index is 11.4. The molecule has 100 valence electrons. The molecule has 0 bridgehead atoms. The molecule has 5 nitrogen and oxygen atoms in total. The molecule has 0 aliphatic carbocycles. The number of rotatable bonds is 4. The number of nitrogens with zero attached hydrogens (tertiary/aromatic N) is 1. The molecule has 1 heterocycles. The van der Waals surface area contributed by atoms with Gasteiger partial charge in [0.25, 0.3) is 5.91 Å². The van der Waals surface area contributed by atoms with Gasteiger partial charge in [0.15, 0.2) is 0 Å². The Morgan fingerprint density at radius 1 is 1.37 bits per heavy atom. The monoisotopic (exact) mass is 260 g/mol. The Hall–Kier alpha value is -2.17. The van der Waals surface area contributed by atoms with Gasteiger partial charge in [-0.2, -0.15) is 0 Å². The zero-order chi connectivity index (χ0) is 14.0. The second-order valence-electron chi connectivity index (χ2n) is 4.75. The zero-order valence-electron chi connectivity index (χ0n) is 11.0. The normalized spacial score (nSPS) is 12.8. The van der Waals surface area contributed by atoms with Gasteiger partial charge < -0.3 is 10.2 Å². The third-order valence-corrected chi connectivity index (χ3v) is 3.18. The molecule has 0 radical (unpaired) electrons. The van der Waals surface area contributed by atoms with Crippen LogP contribution in [0.4, 0.5) is 5.69 Å². The number of hydrogen-bond donors (Lipinski definition) is 1. The molecule has 0 spiro atoms. The van der Waals surface area contributed by atoms with Crippen molar-refractivity contribution in [3.8, 4) is 0 Å². The predicted molar refractivity (Wildman–Crippen MR) is 70.8 cm³/mol. The number of likely N-dealkylation sites (N-methyl/N-ethyl adjacent to an activating group) is 1. The lowest BCUT2D eigenvalue weighted by Crippen LogP contribution is -2.33. The number of benzene rings is 1. The Morgan fingerprint density at radius 3 is 2.79 bits per heavy atom. The van der Waals surface area contributed by atoms with Crippen LogP contribution in [0.2, 0.25) is 0 Å². The zero-order valence-corrected chi connectivity index (χ0v) is 11.0. The number of ketones is 1. The van der Waals surface area contributed by atoms with Crippen LogP contribution >= 0.6 is 0 Å². The van der Waals surface area contributed by atoms with E-state index in [9.17, 15) is 14.4 Å². The van der Waals surface area contributed by atoms with Gasteiger partial charge in [0.1, 0.15) is 0 Å². The first kappa shape index (κ1) is 13.3. The highest BCUT2D eigenvalue weighted by Gasteiger charge is 2.18. The molecule has 0 saturated carbocycles. The number of amides is 2. The molecule has 1 aromatic rings. The highest BCUT2D eigenvalue weighted by atomic mass is 16.2. The van der Waals surface area contributed by atoms with Crippen molar-refractivity contribution in [2.45, 2.75) is 19.8 Å². The van der Waals surface area contributed by atoms with Gasteiger partial charge in [-0.05, 0) is 23.6 Å². The van der Waals surface area contributed by atoms with Crippen molar-refractivity contribution < 1.29 is 14.4 Å². The predicted octanol–water partition coefficient (Wildman–Crippen LogP) is 0.771. The van der Waals surface area contributed by atoms with E-state index in [1.807, 2.05) is 18.2 Å². The quantitative estimate of drug-likeness (QED) is 0.813. The molecule has 0 fully saturated rings. The van der Waals surface area contributed by atoms with Crippen molar-refractivity contribution >= 4 is 23.3 Å². The fraction of sp³-hybridized carbons (Fsp3) is 0.357. The fourth-order valence-electron chi connectivity index (χ4n) is 2.11. The number of carbonyl (C=O) groups excluding carboxylic acids is 3. The molecule has 2 rings (SSSR count). The van der Waals surface area contributed by atoms with Gasteiger partial charge in [0.05, 0.1) is 6.42 Å². The van der Waals surface area contributed by atoms with Crippen molar-refractivity contribution in [1.82, 2.24) is 4.90 Å². The SMILES string of the molecule is CC(=O)C(=O)N(C)CCc1ccc2c(c1)CC(=O)N2. The summed E-state index contributed by atoms with van der Waals surface area (Å²) < 4.78 is 0. The van der Waals surface area contributed by atoms with Gasteiger partial charge in [-0.15, -0.1) is 0 Å². The summed E-state index contributed by atoms with van der Waals surface area (Å²) in [5.74, 6) is -0.916. The Bertz CT molecular complexity index is 552. The van der Waals surface area contributed by atoms with E-state index >= 15 is 0 Å². The summed E-state index contributed by atoms with van der Waals surface area (Å²) in [6.07, 6.45) is 1.07. The average molecular weight is 260 g/mol. The van der Waals surface area contributed by atoms with E-state index in [4.69, 9.17) is 0 Å². The third kappa shape index (κ3) is 2.99. The van der Waals surface area contributed by atoms with Crippen LogP contribution in [-0.2, 0) is 27.2 Å². The van der Waals surface area contributed by atoms with E-state index in [0.29, 0.717) is 19.4 Å². The molecule has 5 heteroatoms. The van der Waals surface area contributed by atoms with Crippen molar-refractivity contribution in [1.29, 1.82) is 0 Å². The second-order valence-corrected chi connectivity index (χ2v) is 4.75. The van der Waals surface area contributed by atoms with Crippen LogP contribution in [0.1, 0.15) is 18.1 Å². The summed E-state index contributed by atoms with van der Waals surface area (Å²) in [7, 11) is 1.61. The molecule has 1 aliphatic rings. The Morgan fingerprint density at radius 2 is 2.11 bits per heavy atom. The largest absolute Gasteiger partial charge is 0.339 e. The standard InChI is InChI=1S/C14H16N2O3/c1-9(17)14(19)16(2)6-5-10-3-4-12-11(7-10)8-13(18)15-12/h3-4,7H,5-6,8H2,1-2H3,(H,15,18). The third-order valence-electron chi connectivity index (χ3n) is 3.18. The molecule has 0 unspecified atom stereocenters. The fourth-order valence-corrected chi connectivity index (χ4v) is 2.11. The summed E-state index contributed by atoms with van der Waals surface area (Å²) in [6, 6.07) is 5.78. The molecule has 1 N–H and O–H groups in total. The van der Waals surface area contributed by atoms with Gasteiger partial charge in [-0.1, -0.05) is 12.1 Å². The van der Waals surface area contributed by atoms with Crippen molar-refractivity contribution in [2.75, 3.05) is 18.9 Å². The van der Waals surface area contributed by atoms with Crippen LogP contribution in [0.25, 0.3) is 0 Å². The van der Waals surface area contributed by atoms with Crippen LogP contribution < -0.4 is 5.32 Å². The van der Waals surface area contributed by atoms with Gasteiger partial charge in [-0.3, -0.25) is 14.4 Å². The van der Waals surface area contributed by atoms with E-state index in [2.05, 4.69) is 5.32 Å². The number of nitrogens with one attached hydrogen (secondary N) is 1. The topological polar surface area (TPSA) is 66.5 Å². The molecule has 0 saturated heterocycles. The van der Waals surface area contributed by atoms with Crippen LogP contribution in [-0.4, -0.2) is 36.1 Å². The molecule has 19 heavy (non-hydrogen) atoms. The van der Waals surface area contributed by atoms with Crippen LogP contribution in [0.15, 0.2) is 18.2 Å². The summed E-state index contributed by atoms with van der Waals surface area (Å²) in [6.45, 7) is 1.75. The molecular formula is C14H16N2O3. The van der Waals surface area contributed by atoms with E-state index in [-0.39, 0.29) is 5.91 Å². The smallest absolute Gasteiger partial charge is 0.289 e. The molecular weight excluding hydrogens is 244 g/mol. The van der Waals surface area contributed by atoms with Gasteiger partial charge in [-0.25, -0.2) is 0 Å². The molecule has 0 aromatic heterocycles. The maximum absolute atomic E-state index is 11.4. The molecule has 1 aliphatic heterocycles. The van der Waals surface area contributed by atoms with E-state index < -0.39 is 11.7 Å². The lowest BCUT2D eigenvalue weighted by Gasteiger charge is -2.15. The summed E-state index contributed by atoms with van der Waals surface area (Å²) in [5.41, 5.74) is 2.91. The first-order chi connectivity index (χ1) is 8.97. The molecule has 0 atom stereocenters. The van der Waals surface area contributed by atoms with E-state index in [0.717, 1.165) is 16.8 Å². The van der Waals surface area contributed by atoms with Gasteiger partial charge >= 0.3 is 0 Å². The highest BCUT2D eigenvalue weighted by molar-refractivity contribution is 6.34. The number of fused-ring (bicyclic) bond motifs is 1. The minimum absolute atomic E-state index is 0.0102. The van der Waals surface area contributed by atoms with Gasteiger partial charge in [0.2, 0.25) is 11.7 Å². The first-order valence-corrected chi connectivity index (χ1v) is 6.15. The van der Waals surface area contributed by atoms with E-state index in [1.54, 1.807) is 7.05 Å². The van der Waals surface area contributed by atoms with Crippen molar-refractivity contribution in [3.63, 3.8) is 0 Å². The Labute approximate surface area is 111 Å². The number of anilines is 1. The summed E-state index contributed by atoms with van der Waals surface area (Å²) in [4.78, 5) is 35.0. The van der Waals surface area contributed by atoms with Crippen LogP contribution in [0.3, 0.4) is 0 Å². The van der Waals surface area contributed by atoms with Crippen LogP contribution in [0.5, 0.6) is 0 Å². The van der Waals surface area contributed by atoms with Crippen molar-refractivity contribution in [2.24, 2.45) is 0 Å². The minimum Gasteiger partial charge on any atom is -0.339 e. The molecule has 2 amide bonds. The Balaban J connectivity index is 1.98. The summed E-state index contributed by atoms with van der Waals surface area (Å²) in [5, 5.41) is 2.77. The lowest BCUT2D eigenvalue weighted by molar-refractivity contribution is -0.142. The minimum atomic E-state index is -0.474. The second kappa shape index (κ2) is 5.22. The number of Topliss-reactive ketones (excluding diaryl/α,β-unsaturated/α-hetero) is 1. The summed E-state index contributed by atoms with van der Waals surface area (Å²) >= 11 is 0. The molecule has 1 aromatic carbocycles. The lowest BCUT2D eigenvalue weighted by atomic mass is 10.1. The average Bonchev–Trinajstić information content (AvgIpc) is 2.74. The van der Waals surface area contributed by atoms with Crippen molar-refractivity contribution in [3.05, 3.63) is 29.3 Å². The van der Waals surface area contributed by atoms with Crippen LogP contribution in [0, 0.1) is 0 Å². The van der Waals surface area contributed by atoms with Gasteiger partial charge in [0, 0.05) is 26.2 Å². The number of hydrogen-bond acceptors (Lipinski definition) is 3. The Kier molecular flexibility index (Phi) is 3.64.